The summed E-state index contributed by atoms with van der Waals surface area (Å²) in [6.07, 6.45) is 0. The predicted octanol–water partition coefficient (Wildman–Crippen LogP) is 15.5. The van der Waals surface area contributed by atoms with Crippen LogP contribution in [0.4, 0.5) is 17.1 Å². The van der Waals surface area contributed by atoms with Gasteiger partial charge >= 0.3 is 0 Å². The highest BCUT2D eigenvalue weighted by atomic mass is 16.4. The summed E-state index contributed by atoms with van der Waals surface area (Å²) in [5.74, 6) is 0.579. The number of hydrogen-bond donors (Lipinski definition) is 0. The molecule has 0 radical (unpaired) electrons. The lowest BCUT2D eigenvalue weighted by Crippen LogP contribution is -2.10. The van der Waals surface area contributed by atoms with Gasteiger partial charge in [0.1, 0.15) is 16.7 Å². The van der Waals surface area contributed by atoms with E-state index in [9.17, 15) is 0 Å². The van der Waals surface area contributed by atoms with Gasteiger partial charge in [-0.1, -0.05) is 158 Å². The lowest BCUT2D eigenvalue weighted by Gasteiger charge is -2.26. The predicted molar refractivity (Wildman–Crippen MR) is 243 cm³/mol. The molecule has 0 fully saturated rings. The first kappa shape index (κ1) is 34.3. The molecule has 0 aliphatic carbocycles. The maximum atomic E-state index is 6.62. The van der Waals surface area contributed by atoms with Crippen molar-refractivity contribution in [1.29, 1.82) is 0 Å². The molecular formula is C55H36N2O2. The lowest BCUT2D eigenvalue weighted by molar-refractivity contribution is 0.620. The average molecular weight is 757 g/mol. The summed E-state index contributed by atoms with van der Waals surface area (Å²) in [6.45, 7) is 0. The van der Waals surface area contributed by atoms with Crippen molar-refractivity contribution in [1.82, 2.24) is 4.98 Å². The molecule has 0 aliphatic heterocycles. The fourth-order valence-corrected chi connectivity index (χ4v) is 8.18. The Bertz CT molecular complexity index is 3220. The summed E-state index contributed by atoms with van der Waals surface area (Å²) in [6, 6.07) is 76.4. The Morgan fingerprint density at radius 1 is 0.322 bits per heavy atom. The van der Waals surface area contributed by atoms with E-state index in [1.54, 1.807) is 0 Å². The second-order valence-electron chi connectivity index (χ2n) is 14.7. The van der Waals surface area contributed by atoms with Gasteiger partial charge in [-0.3, -0.25) is 0 Å². The highest BCUT2D eigenvalue weighted by Crippen LogP contribution is 2.44. The van der Waals surface area contributed by atoms with Crippen LogP contribution in [0.15, 0.2) is 227 Å². The van der Waals surface area contributed by atoms with Gasteiger partial charge in [0.2, 0.25) is 5.89 Å². The normalized spacial score (nSPS) is 11.4. The number of nitrogens with zero attached hydrogens (tertiary/aromatic N) is 2. The van der Waals surface area contributed by atoms with Crippen molar-refractivity contribution in [3.63, 3.8) is 0 Å². The summed E-state index contributed by atoms with van der Waals surface area (Å²) < 4.78 is 13.1. The zero-order valence-corrected chi connectivity index (χ0v) is 32.0. The van der Waals surface area contributed by atoms with E-state index < -0.39 is 0 Å². The smallest absolute Gasteiger partial charge is 0.227 e. The van der Waals surface area contributed by atoms with E-state index >= 15 is 0 Å². The van der Waals surface area contributed by atoms with Crippen LogP contribution < -0.4 is 4.90 Å². The third-order valence-corrected chi connectivity index (χ3v) is 11.1. The van der Waals surface area contributed by atoms with Gasteiger partial charge in [-0.05, 0) is 99.6 Å². The first-order chi connectivity index (χ1) is 29.2. The first-order valence-corrected chi connectivity index (χ1v) is 19.9. The molecule has 0 aliphatic rings. The number of benzene rings is 9. The van der Waals surface area contributed by atoms with Crippen LogP contribution in [0.5, 0.6) is 0 Å². The molecule has 11 rings (SSSR count). The fourth-order valence-electron chi connectivity index (χ4n) is 8.18. The Hall–Kier alpha value is -7.95. The van der Waals surface area contributed by atoms with Crippen LogP contribution in [0, 0.1) is 0 Å². The molecule has 0 unspecified atom stereocenters. The molecule has 11 aromatic rings. The summed E-state index contributed by atoms with van der Waals surface area (Å²) >= 11 is 0. The molecule has 0 saturated heterocycles. The van der Waals surface area contributed by atoms with Crippen LogP contribution >= 0.6 is 0 Å². The van der Waals surface area contributed by atoms with Crippen molar-refractivity contribution < 1.29 is 8.83 Å². The van der Waals surface area contributed by atoms with Crippen molar-refractivity contribution >= 4 is 50.1 Å². The van der Waals surface area contributed by atoms with Gasteiger partial charge in [-0.15, -0.1) is 0 Å². The van der Waals surface area contributed by atoms with Gasteiger partial charge in [0.05, 0.1) is 5.56 Å². The number of rotatable bonds is 8. The maximum Gasteiger partial charge on any atom is 0.227 e. The SMILES string of the molecule is c1ccc(-c2ccc(-c3ccc(N(c4ccc(-c5c6nc(-c7ccccc7)oc6cc6c5oc5ccccc56)cc4)c4cccc(-c5ccccc5)c4)cc3)cc2)cc1. The summed E-state index contributed by atoms with van der Waals surface area (Å²) in [7, 11) is 0. The van der Waals surface area contributed by atoms with Crippen molar-refractivity contribution in [3.8, 4) is 56.0 Å². The number of furan rings is 1. The zero-order valence-electron chi connectivity index (χ0n) is 32.0. The highest BCUT2D eigenvalue weighted by molar-refractivity contribution is 6.16. The van der Waals surface area contributed by atoms with Crippen LogP contribution in [0.25, 0.3) is 89.0 Å². The van der Waals surface area contributed by atoms with E-state index in [1.807, 2.05) is 48.5 Å². The van der Waals surface area contributed by atoms with Crippen LogP contribution in [0.1, 0.15) is 0 Å². The summed E-state index contributed by atoms with van der Waals surface area (Å²) in [5, 5.41) is 2.04. The minimum Gasteiger partial charge on any atom is -0.455 e. The number of fused-ring (bicyclic) bond motifs is 4. The zero-order chi connectivity index (χ0) is 39.1. The molecule has 0 saturated carbocycles. The van der Waals surface area contributed by atoms with Gasteiger partial charge in [-0.25, -0.2) is 4.98 Å². The average Bonchev–Trinajstić information content (AvgIpc) is 3.92. The minimum absolute atomic E-state index is 0.579. The second-order valence-corrected chi connectivity index (χ2v) is 14.7. The Labute approximate surface area is 341 Å². The van der Waals surface area contributed by atoms with E-state index in [4.69, 9.17) is 13.8 Å². The molecule has 0 atom stereocenters. The largest absolute Gasteiger partial charge is 0.455 e. The first-order valence-electron chi connectivity index (χ1n) is 19.9. The molecule has 59 heavy (non-hydrogen) atoms. The molecule has 9 aromatic carbocycles. The Morgan fingerprint density at radius 2 is 0.814 bits per heavy atom. The summed E-state index contributed by atoms with van der Waals surface area (Å²) in [5.41, 5.74) is 16.1. The standard InChI is InChI=1S/C55H36N2O2/c1-4-13-37(14-5-1)39-23-25-40(26-24-39)41-27-31-45(32-28-41)57(47-20-12-19-44(35-47)38-15-6-2-7-16-38)46-33-29-42(30-34-46)52-53-51(59-55(56-53)43-17-8-3-9-18-43)36-49-48-21-10-11-22-50(48)58-54(49)52/h1-36H. The molecule has 0 spiro atoms. The van der Waals surface area contributed by atoms with Crippen LogP contribution in [0.3, 0.4) is 0 Å². The van der Waals surface area contributed by atoms with Gasteiger partial charge in [0, 0.05) is 33.4 Å². The second kappa shape index (κ2) is 14.5. The van der Waals surface area contributed by atoms with Gasteiger partial charge < -0.3 is 13.7 Å². The lowest BCUT2D eigenvalue weighted by atomic mass is 9.99. The molecule has 2 aromatic heterocycles. The Morgan fingerprint density at radius 3 is 1.44 bits per heavy atom. The van der Waals surface area contributed by atoms with Gasteiger partial charge in [0.25, 0.3) is 0 Å². The number of hydrogen-bond acceptors (Lipinski definition) is 4. The van der Waals surface area contributed by atoms with Crippen molar-refractivity contribution in [3.05, 3.63) is 218 Å². The van der Waals surface area contributed by atoms with Crippen LogP contribution in [-0.2, 0) is 0 Å². The Kier molecular flexibility index (Phi) is 8.45. The van der Waals surface area contributed by atoms with E-state index in [0.717, 1.165) is 77.9 Å². The van der Waals surface area contributed by atoms with Gasteiger partial charge in [-0.2, -0.15) is 0 Å². The molecule has 0 N–H and O–H groups in total. The van der Waals surface area contributed by atoms with Crippen molar-refractivity contribution in [2.24, 2.45) is 0 Å². The third kappa shape index (κ3) is 6.34. The summed E-state index contributed by atoms with van der Waals surface area (Å²) in [4.78, 5) is 7.41. The third-order valence-electron chi connectivity index (χ3n) is 11.1. The monoisotopic (exact) mass is 756 g/mol. The maximum absolute atomic E-state index is 6.62. The van der Waals surface area contributed by atoms with Crippen LogP contribution in [0.2, 0.25) is 0 Å². The molecule has 0 bridgehead atoms. The number of anilines is 3. The molecular weight excluding hydrogens is 721 g/mol. The molecule has 2 heterocycles. The quantitative estimate of drug-likeness (QED) is 0.155. The topological polar surface area (TPSA) is 42.4 Å². The molecule has 4 nitrogen and oxygen atoms in total. The Balaban J connectivity index is 1.02. The van der Waals surface area contributed by atoms with E-state index in [0.29, 0.717) is 5.89 Å². The number of aromatic nitrogens is 1. The van der Waals surface area contributed by atoms with Gasteiger partial charge in [0.15, 0.2) is 5.58 Å². The highest BCUT2D eigenvalue weighted by Gasteiger charge is 2.22. The van der Waals surface area contributed by atoms with Crippen LogP contribution in [-0.4, -0.2) is 4.98 Å². The minimum atomic E-state index is 0.579. The van der Waals surface area contributed by atoms with Crippen molar-refractivity contribution in [2.45, 2.75) is 0 Å². The molecule has 0 amide bonds. The molecule has 278 valence electrons. The van der Waals surface area contributed by atoms with E-state index in [1.165, 1.54) is 22.3 Å². The van der Waals surface area contributed by atoms with Crippen molar-refractivity contribution in [2.75, 3.05) is 4.90 Å². The fraction of sp³-hybridized carbons (Fsp3) is 0. The van der Waals surface area contributed by atoms with E-state index in [2.05, 4.69) is 175 Å². The molecule has 4 heteroatoms. The number of para-hydroxylation sites is 1. The van der Waals surface area contributed by atoms with E-state index in [-0.39, 0.29) is 0 Å². The number of oxazole rings is 1.